The summed E-state index contributed by atoms with van der Waals surface area (Å²) in [7, 11) is 4.32. The molecule has 1 unspecified atom stereocenters. The van der Waals surface area contributed by atoms with Gasteiger partial charge in [0, 0.05) is 22.2 Å². The van der Waals surface area contributed by atoms with E-state index >= 15 is 0 Å². The zero-order valence-corrected chi connectivity index (χ0v) is 17.6. The van der Waals surface area contributed by atoms with Crippen LogP contribution in [0.2, 0.25) is 0 Å². The van der Waals surface area contributed by atoms with Crippen LogP contribution in [0, 0.1) is 5.92 Å². The van der Waals surface area contributed by atoms with E-state index in [0.29, 0.717) is 12.0 Å². The van der Waals surface area contributed by atoms with E-state index in [1.54, 1.807) is 0 Å². The minimum atomic E-state index is -0.122. The third-order valence-electron chi connectivity index (χ3n) is 5.33. The highest BCUT2D eigenvalue weighted by Crippen LogP contribution is 2.37. The van der Waals surface area contributed by atoms with Crippen LogP contribution < -0.4 is 10.6 Å². The molecule has 1 saturated carbocycles. The molecule has 0 aromatic heterocycles. The summed E-state index contributed by atoms with van der Waals surface area (Å²) in [5.41, 5.74) is 2.18. The van der Waals surface area contributed by atoms with Gasteiger partial charge in [-0.05, 0) is 69.5 Å². The lowest BCUT2D eigenvalue weighted by molar-refractivity contribution is 0.158. The summed E-state index contributed by atoms with van der Waals surface area (Å²) in [4.78, 5) is 14.6. The molecular formula is C22H28BrN3O. The topological polar surface area (TPSA) is 44.4 Å². The molecule has 144 valence electrons. The van der Waals surface area contributed by atoms with Crippen LogP contribution in [0.4, 0.5) is 10.5 Å². The van der Waals surface area contributed by atoms with E-state index in [-0.39, 0.29) is 12.1 Å². The van der Waals surface area contributed by atoms with Crippen LogP contribution in [0.5, 0.6) is 0 Å². The van der Waals surface area contributed by atoms with Crippen LogP contribution >= 0.6 is 15.9 Å². The highest BCUT2D eigenvalue weighted by Gasteiger charge is 2.30. The minimum absolute atomic E-state index is 0.122. The predicted molar refractivity (Wildman–Crippen MR) is 115 cm³/mol. The SMILES string of the molecule is CN(C)C(c1ccccc1)C1CCC(NC(=O)Nc2cccc(Br)c2)CC1. The first-order chi connectivity index (χ1) is 13.0. The number of benzene rings is 2. The van der Waals surface area contributed by atoms with Gasteiger partial charge in [0.05, 0.1) is 0 Å². The zero-order valence-electron chi connectivity index (χ0n) is 16.0. The molecule has 0 saturated heterocycles. The van der Waals surface area contributed by atoms with Crippen molar-refractivity contribution in [1.82, 2.24) is 10.2 Å². The molecule has 2 N–H and O–H groups in total. The molecule has 2 aromatic carbocycles. The van der Waals surface area contributed by atoms with E-state index in [1.165, 1.54) is 5.56 Å². The second-order valence-corrected chi connectivity index (χ2v) is 8.46. The third kappa shape index (κ3) is 5.56. The maximum Gasteiger partial charge on any atom is 0.319 e. The van der Waals surface area contributed by atoms with Crippen molar-refractivity contribution in [2.24, 2.45) is 5.92 Å². The van der Waals surface area contributed by atoms with Gasteiger partial charge >= 0.3 is 6.03 Å². The Bertz CT molecular complexity index is 742. The number of carbonyl (C=O) groups is 1. The Labute approximate surface area is 170 Å². The third-order valence-corrected chi connectivity index (χ3v) is 5.83. The average Bonchev–Trinajstić information content (AvgIpc) is 2.64. The molecule has 0 heterocycles. The normalized spacial score (nSPS) is 20.9. The van der Waals surface area contributed by atoms with E-state index < -0.39 is 0 Å². The van der Waals surface area contributed by atoms with Gasteiger partial charge in [-0.3, -0.25) is 0 Å². The van der Waals surface area contributed by atoms with Gasteiger partial charge in [-0.2, -0.15) is 0 Å². The van der Waals surface area contributed by atoms with Crippen LogP contribution in [0.3, 0.4) is 0 Å². The molecule has 1 aliphatic rings. The van der Waals surface area contributed by atoms with E-state index in [4.69, 9.17) is 0 Å². The second-order valence-electron chi connectivity index (χ2n) is 7.54. The number of halogens is 1. The number of urea groups is 1. The van der Waals surface area contributed by atoms with Gasteiger partial charge in [0.1, 0.15) is 0 Å². The molecule has 0 radical (unpaired) electrons. The highest BCUT2D eigenvalue weighted by atomic mass is 79.9. The molecule has 27 heavy (non-hydrogen) atoms. The lowest BCUT2D eigenvalue weighted by Gasteiger charge is -2.37. The Kier molecular flexibility index (Phi) is 6.91. The van der Waals surface area contributed by atoms with E-state index in [2.05, 4.69) is 75.9 Å². The number of amides is 2. The van der Waals surface area contributed by atoms with E-state index in [1.807, 2.05) is 24.3 Å². The molecule has 2 amide bonds. The van der Waals surface area contributed by atoms with Gasteiger partial charge in [-0.25, -0.2) is 4.79 Å². The first-order valence-corrected chi connectivity index (χ1v) is 10.4. The molecule has 2 aromatic rings. The number of hydrogen-bond donors (Lipinski definition) is 2. The van der Waals surface area contributed by atoms with Gasteiger partial charge in [-0.1, -0.05) is 52.3 Å². The summed E-state index contributed by atoms with van der Waals surface area (Å²) in [6, 6.07) is 19.0. The Morgan fingerprint density at radius 2 is 1.74 bits per heavy atom. The van der Waals surface area contributed by atoms with Crippen molar-refractivity contribution in [3.8, 4) is 0 Å². The maximum absolute atomic E-state index is 12.3. The Hall–Kier alpha value is -1.85. The number of nitrogens with one attached hydrogen (secondary N) is 2. The van der Waals surface area contributed by atoms with Crippen molar-refractivity contribution in [2.45, 2.75) is 37.8 Å². The van der Waals surface area contributed by atoms with Crippen LogP contribution in [-0.4, -0.2) is 31.1 Å². The first kappa shape index (κ1) is 19.9. The number of anilines is 1. The van der Waals surface area contributed by atoms with Crippen molar-refractivity contribution in [2.75, 3.05) is 19.4 Å². The molecule has 0 bridgehead atoms. The largest absolute Gasteiger partial charge is 0.335 e. The summed E-state index contributed by atoms with van der Waals surface area (Å²) in [5, 5.41) is 6.06. The summed E-state index contributed by atoms with van der Waals surface area (Å²) in [5.74, 6) is 0.619. The van der Waals surface area contributed by atoms with Crippen molar-refractivity contribution in [3.63, 3.8) is 0 Å². The smallest absolute Gasteiger partial charge is 0.319 e. The van der Waals surface area contributed by atoms with Crippen molar-refractivity contribution >= 4 is 27.6 Å². The van der Waals surface area contributed by atoms with Crippen molar-refractivity contribution < 1.29 is 4.79 Å². The molecule has 0 aliphatic heterocycles. The van der Waals surface area contributed by atoms with Gasteiger partial charge in [0.2, 0.25) is 0 Å². The van der Waals surface area contributed by atoms with Gasteiger partial charge < -0.3 is 15.5 Å². The molecule has 0 spiro atoms. The van der Waals surface area contributed by atoms with Crippen molar-refractivity contribution in [1.29, 1.82) is 0 Å². The van der Waals surface area contributed by atoms with Crippen molar-refractivity contribution in [3.05, 3.63) is 64.6 Å². The molecule has 3 rings (SSSR count). The van der Waals surface area contributed by atoms with Crippen LogP contribution in [0.15, 0.2) is 59.1 Å². The van der Waals surface area contributed by atoms with Crippen LogP contribution in [-0.2, 0) is 0 Å². The zero-order chi connectivity index (χ0) is 19.2. The predicted octanol–water partition coefficient (Wildman–Crippen LogP) is 5.43. The maximum atomic E-state index is 12.3. The Balaban J connectivity index is 1.53. The summed E-state index contributed by atoms with van der Waals surface area (Å²) in [6.45, 7) is 0. The number of nitrogens with zero attached hydrogens (tertiary/aromatic N) is 1. The first-order valence-electron chi connectivity index (χ1n) is 9.57. The summed E-state index contributed by atoms with van der Waals surface area (Å²) >= 11 is 3.43. The number of rotatable bonds is 5. The molecule has 1 fully saturated rings. The minimum Gasteiger partial charge on any atom is -0.335 e. The molecule has 4 nitrogen and oxygen atoms in total. The monoisotopic (exact) mass is 429 g/mol. The highest BCUT2D eigenvalue weighted by molar-refractivity contribution is 9.10. The quantitative estimate of drug-likeness (QED) is 0.664. The van der Waals surface area contributed by atoms with E-state index in [0.717, 1.165) is 35.8 Å². The lowest BCUT2D eigenvalue weighted by atomic mass is 9.79. The molecule has 1 atom stereocenters. The Morgan fingerprint density at radius 3 is 2.37 bits per heavy atom. The number of carbonyl (C=O) groups excluding carboxylic acids is 1. The lowest BCUT2D eigenvalue weighted by Crippen LogP contribution is -2.41. The van der Waals surface area contributed by atoms with Crippen LogP contribution in [0.1, 0.15) is 37.3 Å². The van der Waals surface area contributed by atoms with Gasteiger partial charge in [-0.15, -0.1) is 0 Å². The summed E-state index contributed by atoms with van der Waals surface area (Å²) < 4.78 is 0.955. The molecule has 5 heteroatoms. The second kappa shape index (κ2) is 9.38. The average molecular weight is 430 g/mol. The fourth-order valence-electron chi connectivity index (χ4n) is 4.14. The Morgan fingerprint density at radius 1 is 1.04 bits per heavy atom. The van der Waals surface area contributed by atoms with Gasteiger partial charge in [0.25, 0.3) is 0 Å². The standard InChI is InChI=1S/C22H28BrN3O/c1-26(2)21(16-7-4-3-5-8-16)17-11-13-19(14-12-17)24-22(27)25-20-10-6-9-18(23)15-20/h3-10,15,17,19,21H,11-14H2,1-2H3,(H2,24,25,27). The summed E-state index contributed by atoms with van der Waals surface area (Å²) in [6.07, 6.45) is 4.29. The van der Waals surface area contributed by atoms with E-state index in [9.17, 15) is 4.79 Å². The van der Waals surface area contributed by atoms with Crippen LogP contribution in [0.25, 0.3) is 0 Å². The fourth-order valence-corrected chi connectivity index (χ4v) is 4.54. The molecule has 1 aliphatic carbocycles. The van der Waals surface area contributed by atoms with Gasteiger partial charge in [0.15, 0.2) is 0 Å². The fraction of sp³-hybridized carbons (Fsp3) is 0.409. The molecular weight excluding hydrogens is 402 g/mol. The number of hydrogen-bond acceptors (Lipinski definition) is 2.